The average molecular weight is 376 g/mol. The van der Waals surface area contributed by atoms with Crippen molar-refractivity contribution in [3.63, 3.8) is 0 Å². The third-order valence-corrected chi connectivity index (χ3v) is 5.94. The summed E-state index contributed by atoms with van der Waals surface area (Å²) in [4.78, 5) is 39.7. The molecule has 0 unspecified atom stereocenters. The summed E-state index contributed by atoms with van der Waals surface area (Å²) in [5.41, 5.74) is 1.45. The number of benzene rings is 2. The Morgan fingerprint density at radius 2 is 1.50 bits per heavy atom. The molecule has 144 valence electrons. The van der Waals surface area contributed by atoms with Gasteiger partial charge in [0.25, 0.3) is 17.7 Å². The van der Waals surface area contributed by atoms with Gasteiger partial charge in [-0.2, -0.15) is 0 Å². The highest BCUT2D eigenvalue weighted by atomic mass is 16.2. The van der Waals surface area contributed by atoms with Crippen molar-refractivity contribution in [2.75, 3.05) is 4.90 Å². The second-order valence-corrected chi connectivity index (χ2v) is 7.61. The first-order valence-electron chi connectivity index (χ1n) is 9.97. The molecule has 0 bridgehead atoms. The summed E-state index contributed by atoms with van der Waals surface area (Å²) in [6, 6.07) is 13.7. The summed E-state index contributed by atoms with van der Waals surface area (Å²) < 4.78 is 0. The van der Waals surface area contributed by atoms with Crippen LogP contribution in [0.4, 0.5) is 5.69 Å². The van der Waals surface area contributed by atoms with Gasteiger partial charge in [0.05, 0.1) is 22.4 Å². The topological polar surface area (TPSA) is 66.5 Å². The molecule has 28 heavy (non-hydrogen) atoms. The first-order valence-corrected chi connectivity index (χ1v) is 9.97. The predicted octanol–water partition coefficient (Wildman–Crippen LogP) is 4.19. The molecule has 0 saturated heterocycles. The predicted molar refractivity (Wildman–Crippen MR) is 108 cm³/mol. The maximum atomic E-state index is 13.0. The number of carbonyl (C=O) groups excluding carboxylic acids is 3. The average Bonchev–Trinajstić information content (AvgIpc) is 2.99. The number of para-hydroxylation sites is 1. The molecule has 1 heterocycles. The molecule has 2 aromatic carbocycles. The Balaban J connectivity index is 1.57. The summed E-state index contributed by atoms with van der Waals surface area (Å²) in [6.07, 6.45) is 5.38. The van der Waals surface area contributed by atoms with Crippen LogP contribution in [0.3, 0.4) is 0 Å². The first-order chi connectivity index (χ1) is 13.6. The number of anilines is 1. The van der Waals surface area contributed by atoms with E-state index in [1.54, 1.807) is 48.5 Å². The Morgan fingerprint density at radius 1 is 0.929 bits per heavy atom. The minimum absolute atomic E-state index is 0.144. The molecule has 2 aliphatic rings. The number of carbonyl (C=O) groups is 3. The second kappa shape index (κ2) is 7.58. The van der Waals surface area contributed by atoms with Crippen LogP contribution >= 0.6 is 0 Å². The lowest BCUT2D eigenvalue weighted by atomic mass is 9.84. The van der Waals surface area contributed by atoms with E-state index in [-0.39, 0.29) is 23.8 Å². The molecule has 1 aliphatic heterocycles. The largest absolute Gasteiger partial charge is 0.349 e. The molecule has 0 atom stereocenters. The van der Waals surface area contributed by atoms with Gasteiger partial charge in [-0.05, 0) is 55.9 Å². The Kier molecular flexibility index (Phi) is 4.99. The highest BCUT2D eigenvalue weighted by Crippen LogP contribution is 2.31. The van der Waals surface area contributed by atoms with Crippen molar-refractivity contribution in [1.82, 2.24) is 5.32 Å². The van der Waals surface area contributed by atoms with E-state index in [1.807, 2.05) is 0 Å². The highest BCUT2D eigenvalue weighted by Gasteiger charge is 2.38. The summed E-state index contributed by atoms with van der Waals surface area (Å²) in [6.45, 7) is 2.21. The normalized spacial score (nSPS) is 21.5. The van der Waals surface area contributed by atoms with E-state index in [9.17, 15) is 14.4 Å². The number of amides is 3. The number of hydrogen-bond donors (Lipinski definition) is 1. The van der Waals surface area contributed by atoms with Gasteiger partial charge in [0.2, 0.25) is 0 Å². The molecule has 1 aliphatic carbocycles. The van der Waals surface area contributed by atoms with Crippen molar-refractivity contribution >= 4 is 23.4 Å². The molecule has 1 saturated carbocycles. The third kappa shape index (κ3) is 3.21. The fourth-order valence-corrected chi connectivity index (χ4v) is 4.25. The minimum Gasteiger partial charge on any atom is -0.349 e. The lowest BCUT2D eigenvalue weighted by molar-refractivity contribution is 0.0922. The van der Waals surface area contributed by atoms with Crippen molar-refractivity contribution < 1.29 is 14.4 Å². The molecule has 1 N–H and O–H groups in total. The van der Waals surface area contributed by atoms with Crippen LogP contribution in [-0.2, 0) is 0 Å². The Bertz CT molecular complexity index is 894. The van der Waals surface area contributed by atoms with E-state index in [4.69, 9.17) is 0 Å². The lowest BCUT2D eigenvalue weighted by Crippen LogP contribution is -2.39. The van der Waals surface area contributed by atoms with E-state index >= 15 is 0 Å². The van der Waals surface area contributed by atoms with Crippen LogP contribution in [-0.4, -0.2) is 23.8 Å². The second-order valence-electron chi connectivity index (χ2n) is 7.61. The molecule has 0 spiro atoms. The number of fused-ring (bicyclic) bond motifs is 1. The molecule has 4 rings (SSSR count). The zero-order valence-corrected chi connectivity index (χ0v) is 16.0. The maximum Gasteiger partial charge on any atom is 0.266 e. The van der Waals surface area contributed by atoms with E-state index in [0.717, 1.165) is 36.5 Å². The molecule has 1 fully saturated rings. The third-order valence-electron chi connectivity index (χ3n) is 5.94. The van der Waals surface area contributed by atoms with Gasteiger partial charge in [-0.25, -0.2) is 4.90 Å². The van der Waals surface area contributed by atoms with Gasteiger partial charge in [0, 0.05) is 6.04 Å². The van der Waals surface area contributed by atoms with Crippen LogP contribution in [0.1, 0.15) is 70.1 Å². The Hall–Kier alpha value is -2.95. The van der Waals surface area contributed by atoms with Crippen LogP contribution in [0.2, 0.25) is 0 Å². The summed E-state index contributed by atoms with van der Waals surface area (Å²) in [5, 5.41) is 3.11. The van der Waals surface area contributed by atoms with E-state index in [0.29, 0.717) is 22.4 Å². The molecule has 3 amide bonds. The van der Waals surface area contributed by atoms with E-state index < -0.39 is 0 Å². The summed E-state index contributed by atoms with van der Waals surface area (Å²) in [5.74, 6) is -0.250. The fraction of sp³-hybridized carbons (Fsp3) is 0.348. The summed E-state index contributed by atoms with van der Waals surface area (Å²) in [7, 11) is 0. The molecular weight excluding hydrogens is 352 g/mol. The number of hydrogen-bond acceptors (Lipinski definition) is 3. The van der Waals surface area contributed by atoms with Crippen LogP contribution in [0.5, 0.6) is 0 Å². The monoisotopic (exact) mass is 376 g/mol. The number of nitrogens with zero attached hydrogens (tertiary/aromatic N) is 1. The standard InChI is InChI=1S/C23H24N2O3/c1-2-15-11-13-16(14-12-15)24-21(26)19-9-5-6-10-20(19)25-22(27)17-7-3-4-8-18(17)23(25)28/h3-10,15-16H,2,11-14H2,1H3,(H,24,26). The number of imide groups is 1. The summed E-state index contributed by atoms with van der Waals surface area (Å²) >= 11 is 0. The van der Waals surface area contributed by atoms with Gasteiger partial charge in [0.1, 0.15) is 0 Å². The fourth-order valence-electron chi connectivity index (χ4n) is 4.25. The molecule has 5 nitrogen and oxygen atoms in total. The van der Waals surface area contributed by atoms with Crippen molar-refractivity contribution in [3.8, 4) is 0 Å². The molecule has 5 heteroatoms. The van der Waals surface area contributed by atoms with Crippen LogP contribution in [0.15, 0.2) is 48.5 Å². The molecule has 0 aromatic heterocycles. The van der Waals surface area contributed by atoms with Gasteiger partial charge in [-0.15, -0.1) is 0 Å². The number of rotatable bonds is 4. The Morgan fingerprint density at radius 3 is 2.11 bits per heavy atom. The smallest absolute Gasteiger partial charge is 0.266 e. The number of nitrogens with one attached hydrogen (secondary N) is 1. The van der Waals surface area contributed by atoms with Crippen LogP contribution < -0.4 is 10.2 Å². The SMILES string of the molecule is CCC1CCC(NC(=O)c2ccccc2N2C(=O)c3ccccc3C2=O)CC1. The van der Waals surface area contributed by atoms with Crippen LogP contribution in [0.25, 0.3) is 0 Å². The van der Waals surface area contributed by atoms with Gasteiger partial charge in [-0.1, -0.05) is 37.6 Å². The Labute approximate surface area is 164 Å². The van der Waals surface area contributed by atoms with Crippen LogP contribution in [0, 0.1) is 5.92 Å². The molecule has 2 aromatic rings. The van der Waals surface area contributed by atoms with Crippen molar-refractivity contribution in [1.29, 1.82) is 0 Å². The van der Waals surface area contributed by atoms with Gasteiger partial charge < -0.3 is 5.32 Å². The zero-order chi connectivity index (χ0) is 19.7. The zero-order valence-electron chi connectivity index (χ0n) is 16.0. The van der Waals surface area contributed by atoms with Crippen molar-refractivity contribution in [2.45, 2.75) is 45.1 Å². The van der Waals surface area contributed by atoms with Gasteiger partial charge >= 0.3 is 0 Å². The van der Waals surface area contributed by atoms with Crippen molar-refractivity contribution in [2.24, 2.45) is 5.92 Å². The van der Waals surface area contributed by atoms with Gasteiger partial charge in [-0.3, -0.25) is 14.4 Å². The lowest BCUT2D eigenvalue weighted by Gasteiger charge is -2.29. The quantitative estimate of drug-likeness (QED) is 0.814. The highest BCUT2D eigenvalue weighted by molar-refractivity contribution is 6.35. The van der Waals surface area contributed by atoms with Gasteiger partial charge in [0.15, 0.2) is 0 Å². The first kappa shape index (κ1) is 18.4. The van der Waals surface area contributed by atoms with Crippen molar-refractivity contribution in [3.05, 3.63) is 65.2 Å². The van der Waals surface area contributed by atoms with E-state index in [1.165, 1.54) is 6.42 Å². The molecule has 0 radical (unpaired) electrons. The maximum absolute atomic E-state index is 13.0. The molecular formula is C23H24N2O3. The van der Waals surface area contributed by atoms with E-state index in [2.05, 4.69) is 12.2 Å². The minimum atomic E-state index is -0.385.